The molecule has 0 aromatic carbocycles. The third-order valence-corrected chi connectivity index (χ3v) is 3.47. The van der Waals surface area contributed by atoms with Crippen molar-refractivity contribution in [3.8, 4) is 0 Å². The third-order valence-electron chi connectivity index (χ3n) is 3.47. The van der Waals surface area contributed by atoms with Gasteiger partial charge < -0.3 is 20.0 Å². The molecule has 1 aromatic heterocycles. The van der Waals surface area contributed by atoms with Crippen molar-refractivity contribution >= 4 is 5.82 Å². The van der Waals surface area contributed by atoms with Gasteiger partial charge in [0.05, 0.1) is 12.2 Å². The smallest absolute Gasteiger partial charge is 0.342 e. The molecule has 0 aliphatic heterocycles. The Bertz CT molecular complexity index is 510. The second-order valence-corrected chi connectivity index (χ2v) is 6.54. The molecule has 0 saturated heterocycles. The number of imidazole rings is 1. The second kappa shape index (κ2) is 8.37. The average molecular weight is 328 g/mol. The Morgan fingerprint density at radius 1 is 1.52 bits per heavy atom. The van der Waals surface area contributed by atoms with Crippen LogP contribution in [-0.4, -0.2) is 62.4 Å². The Kier molecular flexibility index (Phi) is 7.11. The van der Waals surface area contributed by atoms with Crippen molar-refractivity contribution in [2.24, 2.45) is 0 Å². The van der Waals surface area contributed by atoms with Gasteiger partial charge in [-0.25, -0.2) is 9.55 Å². The molecule has 132 valence electrons. The fraction of sp³-hybridized carbons (Fsp3) is 0.800. The van der Waals surface area contributed by atoms with Gasteiger partial charge in [-0.1, -0.05) is 6.92 Å². The monoisotopic (exact) mass is 328 g/mol. The SMILES string of the molecule is CCN(CCOC(C)(C)C)CC(O)Cn1c([N+](=O)[O-])cnc1C. The first kappa shape index (κ1) is 19.5. The highest BCUT2D eigenvalue weighted by molar-refractivity contribution is 5.18. The highest BCUT2D eigenvalue weighted by Gasteiger charge is 2.22. The molecule has 0 fully saturated rings. The number of nitro groups is 1. The molecule has 23 heavy (non-hydrogen) atoms. The Morgan fingerprint density at radius 2 is 2.17 bits per heavy atom. The molecule has 0 bridgehead atoms. The number of aromatic nitrogens is 2. The molecule has 8 heteroatoms. The number of aliphatic hydroxyl groups is 1. The fourth-order valence-corrected chi connectivity index (χ4v) is 2.25. The topological polar surface area (TPSA) is 93.7 Å². The van der Waals surface area contributed by atoms with Gasteiger partial charge >= 0.3 is 5.82 Å². The highest BCUT2D eigenvalue weighted by atomic mass is 16.6. The minimum atomic E-state index is -0.712. The van der Waals surface area contributed by atoms with E-state index < -0.39 is 11.0 Å². The maximum Gasteiger partial charge on any atom is 0.342 e. The number of hydrogen-bond donors (Lipinski definition) is 1. The van der Waals surface area contributed by atoms with Crippen LogP contribution in [0.2, 0.25) is 0 Å². The van der Waals surface area contributed by atoms with Crippen molar-refractivity contribution in [2.45, 2.75) is 52.9 Å². The predicted molar refractivity (Wildman–Crippen MR) is 87.4 cm³/mol. The number of ether oxygens (including phenoxy) is 1. The average Bonchev–Trinajstić information content (AvgIpc) is 2.77. The molecule has 0 saturated carbocycles. The van der Waals surface area contributed by atoms with Crippen molar-refractivity contribution in [3.63, 3.8) is 0 Å². The van der Waals surface area contributed by atoms with Gasteiger partial charge in [0.15, 0.2) is 5.82 Å². The summed E-state index contributed by atoms with van der Waals surface area (Å²) in [6.07, 6.45) is 0.507. The fourth-order valence-electron chi connectivity index (χ4n) is 2.25. The summed E-state index contributed by atoms with van der Waals surface area (Å²) < 4.78 is 7.13. The van der Waals surface area contributed by atoms with Crippen LogP contribution in [0.15, 0.2) is 6.20 Å². The summed E-state index contributed by atoms with van der Waals surface area (Å²) in [7, 11) is 0. The number of likely N-dealkylation sites (N-methyl/N-ethyl adjacent to an activating group) is 1. The minimum absolute atomic E-state index is 0.0966. The summed E-state index contributed by atoms with van der Waals surface area (Å²) in [6.45, 7) is 12.3. The van der Waals surface area contributed by atoms with E-state index in [1.807, 2.05) is 27.7 Å². The standard InChI is InChI=1S/C15H28N4O4/c1-6-17(7-8-23-15(3,4)5)10-13(20)11-18-12(2)16-9-14(18)19(21)22/h9,13,20H,6-8,10-11H2,1-5H3. The van der Waals surface area contributed by atoms with Gasteiger partial charge in [0, 0.05) is 20.0 Å². The largest absolute Gasteiger partial charge is 0.388 e. The number of nitrogens with zero attached hydrogens (tertiary/aromatic N) is 4. The van der Waals surface area contributed by atoms with Gasteiger partial charge in [-0.15, -0.1) is 0 Å². The van der Waals surface area contributed by atoms with E-state index in [0.29, 0.717) is 25.5 Å². The van der Waals surface area contributed by atoms with Gasteiger partial charge in [-0.05, 0) is 32.2 Å². The highest BCUT2D eigenvalue weighted by Crippen LogP contribution is 2.14. The molecule has 0 amide bonds. The van der Waals surface area contributed by atoms with E-state index in [2.05, 4.69) is 9.88 Å². The van der Waals surface area contributed by atoms with Crippen molar-refractivity contribution in [1.82, 2.24) is 14.5 Å². The molecule has 1 heterocycles. The summed E-state index contributed by atoms with van der Waals surface area (Å²) >= 11 is 0. The van der Waals surface area contributed by atoms with Crippen molar-refractivity contribution in [2.75, 3.05) is 26.2 Å². The van der Waals surface area contributed by atoms with Gasteiger partial charge in [0.1, 0.15) is 18.8 Å². The molecular weight excluding hydrogens is 300 g/mol. The molecule has 1 unspecified atom stereocenters. The second-order valence-electron chi connectivity index (χ2n) is 6.54. The van der Waals surface area contributed by atoms with Crippen LogP contribution in [0.3, 0.4) is 0 Å². The van der Waals surface area contributed by atoms with E-state index in [4.69, 9.17) is 4.74 Å². The number of hydrogen-bond acceptors (Lipinski definition) is 6. The summed E-state index contributed by atoms with van der Waals surface area (Å²) in [5.74, 6) is 0.426. The van der Waals surface area contributed by atoms with Gasteiger partial charge in [0.25, 0.3) is 0 Å². The maximum atomic E-state index is 11.0. The zero-order chi connectivity index (χ0) is 17.6. The van der Waals surface area contributed by atoms with E-state index in [-0.39, 0.29) is 18.0 Å². The Labute approximate surface area is 137 Å². The molecule has 1 atom stereocenters. The number of aliphatic hydroxyl groups excluding tert-OH is 1. The van der Waals surface area contributed by atoms with Crippen LogP contribution in [0.1, 0.15) is 33.5 Å². The van der Waals surface area contributed by atoms with Crippen LogP contribution in [0.4, 0.5) is 5.82 Å². The molecule has 1 rings (SSSR count). The van der Waals surface area contributed by atoms with Crippen LogP contribution in [0.25, 0.3) is 0 Å². The quantitative estimate of drug-likeness (QED) is 0.546. The lowest BCUT2D eigenvalue weighted by atomic mass is 10.2. The van der Waals surface area contributed by atoms with Crippen molar-refractivity contribution in [3.05, 3.63) is 22.1 Å². The van der Waals surface area contributed by atoms with E-state index in [9.17, 15) is 15.2 Å². The van der Waals surface area contributed by atoms with E-state index in [1.165, 1.54) is 10.8 Å². The van der Waals surface area contributed by atoms with Crippen molar-refractivity contribution in [1.29, 1.82) is 0 Å². The van der Waals surface area contributed by atoms with Crippen molar-refractivity contribution < 1.29 is 14.8 Å². The van der Waals surface area contributed by atoms with Crippen LogP contribution >= 0.6 is 0 Å². The van der Waals surface area contributed by atoms with Gasteiger partial charge in [-0.3, -0.25) is 4.90 Å². The van der Waals surface area contributed by atoms with E-state index in [0.717, 1.165) is 6.54 Å². The van der Waals surface area contributed by atoms with E-state index in [1.54, 1.807) is 6.92 Å². The molecule has 1 N–H and O–H groups in total. The molecule has 0 radical (unpaired) electrons. The van der Waals surface area contributed by atoms with Gasteiger partial charge in [0.2, 0.25) is 0 Å². The van der Waals surface area contributed by atoms with Crippen LogP contribution in [-0.2, 0) is 11.3 Å². The normalized spacial score (nSPS) is 13.5. The lowest BCUT2D eigenvalue weighted by molar-refractivity contribution is -0.392. The lowest BCUT2D eigenvalue weighted by Crippen LogP contribution is -2.38. The first-order valence-electron chi connectivity index (χ1n) is 7.85. The molecule has 0 aliphatic carbocycles. The number of rotatable bonds is 9. The first-order chi connectivity index (χ1) is 10.6. The summed E-state index contributed by atoms with van der Waals surface area (Å²) in [5.41, 5.74) is -0.188. The summed E-state index contributed by atoms with van der Waals surface area (Å²) in [5, 5.41) is 21.2. The maximum absolute atomic E-state index is 11.0. The molecule has 0 spiro atoms. The van der Waals surface area contributed by atoms with Crippen LogP contribution in [0.5, 0.6) is 0 Å². The Hall–Kier alpha value is -1.51. The summed E-state index contributed by atoms with van der Waals surface area (Å²) in [4.78, 5) is 16.5. The van der Waals surface area contributed by atoms with E-state index >= 15 is 0 Å². The van der Waals surface area contributed by atoms with Crippen LogP contribution in [0, 0.1) is 17.0 Å². The third kappa shape index (κ3) is 6.64. The summed E-state index contributed by atoms with van der Waals surface area (Å²) in [6, 6.07) is 0. The first-order valence-corrected chi connectivity index (χ1v) is 7.85. The zero-order valence-corrected chi connectivity index (χ0v) is 14.7. The zero-order valence-electron chi connectivity index (χ0n) is 14.7. The lowest BCUT2D eigenvalue weighted by Gasteiger charge is -2.26. The Morgan fingerprint density at radius 3 is 2.70 bits per heavy atom. The van der Waals surface area contributed by atoms with Crippen LogP contribution < -0.4 is 0 Å². The predicted octanol–water partition coefficient (Wildman–Crippen LogP) is 1.60. The minimum Gasteiger partial charge on any atom is -0.388 e. The molecule has 1 aromatic rings. The Balaban J connectivity index is 2.55. The molecule has 8 nitrogen and oxygen atoms in total. The molecular formula is C15H28N4O4. The molecule has 0 aliphatic rings. The number of aryl methyl sites for hydroxylation is 1. The van der Waals surface area contributed by atoms with Gasteiger partial charge in [-0.2, -0.15) is 0 Å².